The highest BCUT2D eigenvalue weighted by Gasteiger charge is 2.74. The molecule has 0 heterocycles. The number of halogens is 6. The SMILES string of the molecule is CC(=COC(F)(F)C(F)(F)C(F)(F)c1cc(N)cc(N)c1)CCC[C@@H](C)[C@H]1CC[C@H]2[C@@H]3CCC4CCCC[C@]4(C)[C@H]3CC[C@]12C. The normalized spacial score (nSPS) is 34.9. The Balaban J connectivity index is 1.16. The summed E-state index contributed by atoms with van der Waals surface area (Å²) in [6.45, 7) is 8.90. The molecule has 0 bridgehead atoms. The molecule has 5 rings (SSSR count). The molecule has 1 unspecified atom stereocenters. The monoisotopic (exact) mass is 642 g/mol. The number of alkyl halides is 6. The van der Waals surface area contributed by atoms with Crippen LogP contribution in [0.4, 0.5) is 37.7 Å². The van der Waals surface area contributed by atoms with Crippen LogP contribution in [0.5, 0.6) is 0 Å². The lowest BCUT2D eigenvalue weighted by atomic mass is 9.44. The van der Waals surface area contributed by atoms with Gasteiger partial charge in [-0.15, -0.1) is 0 Å². The van der Waals surface area contributed by atoms with Gasteiger partial charge in [0.2, 0.25) is 0 Å². The topological polar surface area (TPSA) is 61.3 Å². The minimum Gasteiger partial charge on any atom is -0.436 e. The number of anilines is 2. The summed E-state index contributed by atoms with van der Waals surface area (Å²) in [5, 5.41) is 0. The fourth-order valence-corrected chi connectivity index (χ4v) is 10.7. The zero-order chi connectivity index (χ0) is 33.0. The first-order valence-corrected chi connectivity index (χ1v) is 17.1. The second kappa shape index (κ2) is 12.2. The highest BCUT2D eigenvalue weighted by molar-refractivity contribution is 5.55. The molecule has 4 saturated carbocycles. The molecule has 0 saturated heterocycles. The van der Waals surface area contributed by atoms with Crippen LogP contribution >= 0.6 is 0 Å². The first kappa shape index (κ1) is 34.3. The smallest absolute Gasteiger partial charge is 0.436 e. The summed E-state index contributed by atoms with van der Waals surface area (Å²) >= 11 is 0. The van der Waals surface area contributed by atoms with Crippen LogP contribution in [-0.2, 0) is 10.7 Å². The second-order valence-electron chi connectivity index (χ2n) is 15.6. The van der Waals surface area contributed by atoms with E-state index in [1.54, 1.807) is 0 Å². The molecule has 3 nitrogen and oxygen atoms in total. The van der Waals surface area contributed by atoms with Gasteiger partial charge in [-0.25, -0.2) is 0 Å². The molecule has 8 atom stereocenters. The molecule has 0 radical (unpaired) electrons. The summed E-state index contributed by atoms with van der Waals surface area (Å²) < 4.78 is 91.4. The van der Waals surface area contributed by atoms with E-state index < -0.39 is 23.5 Å². The zero-order valence-corrected chi connectivity index (χ0v) is 27.3. The molecule has 4 aliphatic rings. The van der Waals surface area contributed by atoms with E-state index in [0.717, 1.165) is 36.2 Å². The zero-order valence-electron chi connectivity index (χ0n) is 27.3. The number of ether oxygens (including phenoxy) is 1. The average molecular weight is 643 g/mol. The van der Waals surface area contributed by atoms with Gasteiger partial charge in [0, 0.05) is 16.9 Å². The van der Waals surface area contributed by atoms with Crippen molar-refractivity contribution in [2.24, 2.45) is 46.3 Å². The van der Waals surface area contributed by atoms with Gasteiger partial charge in [0.25, 0.3) is 0 Å². The highest BCUT2D eigenvalue weighted by Crippen LogP contribution is 2.68. The predicted molar refractivity (Wildman–Crippen MR) is 167 cm³/mol. The van der Waals surface area contributed by atoms with Crippen LogP contribution in [-0.4, -0.2) is 12.0 Å². The van der Waals surface area contributed by atoms with E-state index in [1.165, 1.54) is 71.1 Å². The van der Waals surface area contributed by atoms with Crippen molar-refractivity contribution < 1.29 is 31.1 Å². The number of hydrogen-bond donors (Lipinski definition) is 2. The predicted octanol–water partition coefficient (Wildman–Crippen LogP) is 10.9. The van der Waals surface area contributed by atoms with Gasteiger partial charge in [-0.1, -0.05) is 40.0 Å². The fraction of sp³-hybridized carbons (Fsp3) is 0.778. The summed E-state index contributed by atoms with van der Waals surface area (Å²) in [6, 6.07) is 2.07. The Morgan fingerprint density at radius 2 is 1.56 bits per heavy atom. The highest BCUT2D eigenvalue weighted by atomic mass is 19.3. The molecular weight excluding hydrogens is 590 g/mol. The van der Waals surface area contributed by atoms with Crippen molar-refractivity contribution >= 4 is 11.4 Å². The van der Waals surface area contributed by atoms with E-state index in [9.17, 15) is 26.3 Å². The number of rotatable bonds is 10. The first-order chi connectivity index (χ1) is 20.9. The fourth-order valence-electron chi connectivity index (χ4n) is 10.7. The summed E-state index contributed by atoms with van der Waals surface area (Å²) in [7, 11) is 0. The molecule has 1 aromatic carbocycles. The van der Waals surface area contributed by atoms with E-state index in [4.69, 9.17) is 11.5 Å². The maximum atomic E-state index is 14.6. The summed E-state index contributed by atoms with van der Waals surface area (Å²) in [4.78, 5) is 0. The summed E-state index contributed by atoms with van der Waals surface area (Å²) in [5.41, 5.74) is 9.87. The molecule has 4 aliphatic carbocycles. The molecule has 0 spiro atoms. The van der Waals surface area contributed by atoms with E-state index in [0.29, 0.717) is 59.5 Å². The molecule has 4 fully saturated rings. The lowest BCUT2D eigenvalue weighted by molar-refractivity contribution is -0.389. The quantitative estimate of drug-likeness (QED) is 0.152. The van der Waals surface area contributed by atoms with Crippen LogP contribution in [0, 0.1) is 46.3 Å². The van der Waals surface area contributed by atoms with Crippen molar-refractivity contribution in [2.45, 2.75) is 129 Å². The van der Waals surface area contributed by atoms with Crippen molar-refractivity contribution in [1.29, 1.82) is 0 Å². The van der Waals surface area contributed by atoms with Gasteiger partial charge in [0.15, 0.2) is 0 Å². The average Bonchev–Trinajstić information content (AvgIpc) is 3.32. The van der Waals surface area contributed by atoms with Crippen LogP contribution in [0.15, 0.2) is 30.0 Å². The van der Waals surface area contributed by atoms with Crippen molar-refractivity contribution in [3.05, 3.63) is 35.6 Å². The van der Waals surface area contributed by atoms with Gasteiger partial charge in [-0.2, -0.15) is 26.3 Å². The molecule has 0 amide bonds. The third kappa shape index (κ3) is 5.96. The maximum Gasteiger partial charge on any atom is 0.470 e. The van der Waals surface area contributed by atoms with Gasteiger partial charge < -0.3 is 16.2 Å². The standard InChI is InChI=1S/C36H52F6N2O/c1-22(21-45-36(41,42)35(39,40)34(37,38)25-18-26(43)20-27(44)19-25)8-7-9-23(2)29-13-14-30-28-12-11-24-10-5-6-16-32(24,3)31(28)15-17-33(29,30)4/h18-21,23-24,28-31H,5-17,43-44H2,1-4H3/t23-,24?,28+,29-,30+,31+,32+,33-/m1/s1. The molecule has 1 aromatic rings. The number of nitrogen functional groups attached to an aromatic ring is 2. The van der Waals surface area contributed by atoms with Gasteiger partial charge in [-0.3, -0.25) is 0 Å². The van der Waals surface area contributed by atoms with Crippen LogP contribution in [0.25, 0.3) is 0 Å². The number of hydrogen-bond acceptors (Lipinski definition) is 3. The Morgan fingerprint density at radius 3 is 2.24 bits per heavy atom. The van der Waals surface area contributed by atoms with Crippen molar-refractivity contribution in [1.82, 2.24) is 0 Å². The Bertz CT molecular complexity index is 1230. The van der Waals surface area contributed by atoms with Gasteiger partial charge >= 0.3 is 18.0 Å². The van der Waals surface area contributed by atoms with Crippen molar-refractivity contribution in [3.8, 4) is 0 Å². The van der Waals surface area contributed by atoms with Gasteiger partial charge in [0.1, 0.15) is 0 Å². The number of benzene rings is 1. The van der Waals surface area contributed by atoms with Crippen molar-refractivity contribution in [2.75, 3.05) is 11.5 Å². The Kier molecular flexibility index (Phi) is 9.29. The number of fused-ring (bicyclic) bond motifs is 5. The van der Waals surface area contributed by atoms with Crippen molar-refractivity contribution in [3.63, 3.8) is 0 Å². The van der Waals surface area contributed by atoms with Crippen LogP contribution in [0.1, 0.15) is 117 Å². The summed E-state index contributed by atoms with van der Waals surface area (Å²) in [5.74, 6) is -6.74. The number of allylic oxidation sites excluding steroid dienone is 1. The third-order valence-corrected chi connectivity index (χ3v) is 13.1. The number of nitrogens with two attached hydrogens (primary N) is 2. The Morgan fingerprint density at radius 1 is 0.889 bits per heavy atom. The van der Waals surface area contributed by atoms with Crippen LogP contribution < -0.4 is 11.5 Å². The molecular formula is C36H52F6N2O. The van der Waals surface area contributed by atoms with Crippen LogP contribution in [0.3, 0.4) is 0 Å². The molecule has 9 heteroatoms. The minimum atomic E-state index is -5.85. The molecule has 45 heavy (non-hydrogen) atoms. The van der Waals surface area contributed by atoms with Crippen LogP contribution in [0.2, 0.25) is 0 Å². The lowest BCUT2D eigenvalue weighted by Crippen LogP contribution is -2.53. The Labute approximate surface area is 264 Å². The lowest BCUT2D eigenvalue weighted by Gasteiger charge is -2.61. The Hall–Kier alpha value is -2.06. The largest absolute Gasteiger partial charge is 0.470 e. The summed E-state index contributed by atoms with van der Waals surface area (Å²) in [6.07, 6.45) is 10.4. The van der Waals surface area contributed by atoms with E-state index in [1.807, 2.05) is 0 Å². The van der Waals surface area contributed by atoms with E-state index in [-0.39, 0.29) is 11.4 Å². The maximum absolute atomic E-state index is 14.6. The van der Waals surface area contributed by atoms with Gasteiger partial charge in [0.05, 0.1) is 6.26 Å². The molecule has 0 aromatic heterocycles. The minimum absolute atomic E-state index is 0.294. The second-order valence-corrected chi connectivity index (χ2v) is 15.6. The molecule has 4 N–H and O–H groups in total. The van der Waals surface area contributed by atoms with E-state index >= 15 is 0 Å². The first-order valence-electron chi connectivity index (χ1n) is 17.1. The van der Waals surface area contributed by atoms with Gasteiger partial charge in [-0.05, 0) is 141 Å². The third-order valence-electron chi connectivity index (χ3n) is 13.1. The molecule has 254 valence electrons. The molecule has 0 aliphatic heterocycles. The van der Waals surface area contributed by atoms with E-state index in [2.05, 4.69) is 25.5 Å².